The van der Waals surface area contributed by atoms with Crippen molar-refractivity contribution >= 4 is 5.78 Å². The van der Waals surface area contributed by atoms with Gasteiger partial charge in [-0.3, -0.25) is 4.40 Å². The Morgan fingerprint density at radius 2 is 2.33 bits per heavy atom. The van der Waals surface area contributed by atoms with E-state index in [4.69, 9.17) is 0 Å². The lowest BCUT2D eigenvalue weighted by Crippen LogP contribution is -1.97. The van der Waals surface area contributed by atoms with Crippen molar-refractivity contribution < 1.29 is 0 Å². The zero-order valence-electron chi connectivity index (χ0n) is 7.15. The molecule has 0 aliphatic rings. The van der Waals surface area contributed by atoms with Crippen molar-refractivity contribution in [3.63, 3.8) is 0 Å². The Hall–Kier alpha value is -1.45. The van der Waals surface area contributed by atoms with Crippen molar-refractivity contribution in [2.45, 2.75) is 20.3 Å². The fraction of sp³-hybridized carbons (Fsp3) is 0.375. The van der Waals surface area contributed by atoms with Crippen LogP contribution in [0.5, 0.6) is 0 Å². The normalized spacial score (nSPS) is 10.8. The van der Waals surface area contributed by atoms with E-state index in [1.54, 1.807) is 6.33 Å². The largest absolute Gasteiger partial charge is 0.270 e. The summed E-state index contributed by atoms with van der Waals surface area (Å²) in [6.45, 7) is 4.10. The third-order valence-electron chi connectivity index (χ3n) is 1.89. The smallest absolute Gasteiger partial charge is 0.255 e. The van der Waals surface area contributed by atoms with E-state index in [0.717, 1.165) is 17.8 Å². The number of hydrogen-bond donors (Lipinski definition) is 0. The second-order valence-electron chi connectivity index (χ2n) is 2.74. The van der Waals surface area contributed by atoms with Gasteiger partial charge in [-0.1, -0.05) is 6.92 Å². The fourth-order valence-electron chi connectivity index (χ4n) is 1.21. The third kappa shape index (κ3) is 0.958. The van der Waals surface area contributed by atoms with Gasteiger partial charge in [-0.25, -0.2) is 4.98 Å². The summed E-state index contributed by atoms with van der Waals surface area (Å²) in [7, 11) is 0. The lowest BCUT2D eigenvalue weighted by molar-refractivity contribution is 0.961. The van der Waals surface area contributed by atoms with Crippen LogP contribution in [0.2, 0.25) is 0 Å². The highest BCUT2D eigenvalue weighted by atomic mass is 15.3. The Morgan fingerprint density at radius 1 is 1.50 bits per heavy atom. The average molecular weight is 162 g/mol. The van der Waals surface area contributed by atoms with E-state index < -0.39 is 0 Å². The molecule has 0 N–H and O–H groups in total. The summed E-state index contributed by atoms with van der Waals surface area (Å²) in [5.41, 5.74) is 2.19. The van der Waals surface area contributed by atoms with Gasteiger partial charge in [-0.05, 0) is 19.4 Å². The minimum absolute atomic E-state index is 0.687. The first kappa shape index (κ1) is 7.21. The van der Waals surface area contributed by atoms with Crippen LogP contribution in [0.3, 0.4) is 0 Å². The van der Waals surface area contributed by atoms with E-state index in [1.165, 1.54) is 0 Å². The van der Waals surface area contributed by atoms with Gasteiger partial charge in [0.05, 0.1) is 0 Å². The van der Waals surface area contributed by atoms with Gasteiger partial charge in [0.1, 0.15) is 6.33 Å². The van der Waals surface area contributed by atoms with Crippen LogP contribution in [0.4, 0.5) is 0 Å². The highest BCUT2D eigenvalue weighted by Crippen LogP contribution is 2.04. The lowest BCUT2D eigenvalue weighted by Gasteiger charge is -2.00. The molecule has 2 aromatic rings. The van der Waals surface area contributed by atoms with Crippen LogP contribution in [0.15, 0.2) is 12.4 Å². The topological polar surface area (TPSA) is 43.1 Å². The molecule has 0 fully saturated rings. The zero-order valence-corrected chi connectivity index (χ0v) is 7.15. The SMILES string of the molecule is CCc1cc(C)n2cnnc2n1. The third-order valence-corrected chi connectivity index (χ3v) is 1.89. The van der Waals surface area contributed by atoms with Crippen LogP contribution >= 0.6 is 0 Å². The summed E-state index contributed by atoms with van der Waals surface area (Å²) < 4.78 is 1.87. The van der Waals surface area contributed by atoms with Crippen LogP contribution in [0, 0.1) is 6.92 Å². The summed E-state index contributed by atoms with van der Waals surface area (Å²) in [6, 6.07) is 2.05. The Kier molecular flexibility index (Phi) is 1.53. The highest BCUT2D eigenvalue weighted by Gasteiger charge is 2.01. The summed E-state index contributed by atoms with van der Waals surface area (Å²) in [4.78, 5) is 4.30. The average Bonchev–Trinajstić information content (AvgIpc) is 2.52. The van der Waals surface area contributed by atoms with Gasteiger partial charge in [0, 0.05) is 11.4 Å². The maximum atomic E-state index is 4.30. The van der Waals surface area contributed by atoms with Crippen molar-refractivity contribution in [1.29, 1.82) is 0 Å². The Labute approximate surface area is 70.3 Å². The van der Waals surface area contributed by atoms with Crippen molar-refractivity contribution in [1.82, 2.24) is 19.6 Å². The minimum Gasteiger partial charge on any atom is -0.270 e. The van der Waals surface area contributed by atoms with Crippen LogP contribution in [0.25, 0.3) is 5.78 Å². The van der Waals surface area contributed by atoms with E-state index in [1.807, 2.05) is 11.3 Å². The Bertz CT molecular complexity index is 404. The summed E-state index contributed by atoms with van der Waals surface area (Å²) in [6.07, 6.45) is 2.61. The Balaban J connectivity index is 2.75. The summed E-state index contributed by atoms with van der Waals surface area (Å²) in [5.74, 6) is 0.687. The second kappa shape index (κ2) is 2.55. The van der Waals surface area contributed by atoms with Crippen molar-refractivity contribution in [3.05, 3.63) is 23.8 Å². The molecule has 0 amide bonds. The molecule has 0 unspecified atom stereocenters. The monoisotopic (exact) mass is 162 g/mol. The number of fused-ring (bicyclic) bond motifs is 1. The molecule has 62 valence electrons. The van der Waals surface area contributed by atoms with Crippen molar-refractivity contribution in [3.8, 4) is 0 Å². The molecule has 4 nitrogen and oxygen atoms in total. The van der Waals surface area contributed by atoms with E-state index in [9.17, 15) is 0 Å². The number of rotatable bonds is 1. The van der Waals surface area contributed by atoms with E-state index in [2.05, 4.69) is 28.2 Å². The predicted octanol–water partition coefficient (Wildman–Crippen LogP) is 0.995. The predicted molar refractivity (Wildman–Crippen MR) is 44.9 cm³/mol. The van der Waals surface area contributed by atoms with Gasteiger partial charge < -0.3 is 0 Å². The molecule has 0 bridgehead atoms. The Morgan fingerprint density at radius 3 is 3.08 bits per heavy atom. The molecule has 0 aliphatic heterocycles. The van der Waals surface area contributed by atoms with Crippen LogP contribution < -0.4 is 0 Å². The lowest BCUT2D eigenvalue weighted by atomic mass is 10.3. The quantitative estimate of drug-likeness (QED) is 0.628. The highest BCUT2D eigenvalue weighted by molar-refractivity contribution is 5.30. The zero-order chi connectivity index (χ0) is 8.55. The van der Waals surface area contributed by atoms with Crippen LogP contribution in [0.1, 0.15) is 18.3 Å². The molecule has 0 aromatic carbocycles. The van der Waals surface area contributed by atoms with Gasteiger partial charge in [-0.2, -0.15) is 0 Å². The molecular formula is C8H10N4. The molecule has 12 heavy (non-hydrogen) atoms. The van der Waals surface area contributed by atoms with E-state index >= 15 is 0 Å². The van der Waals surface area contributed by atoms with Crippen LogP contribution in [-0.2, 0) is 6.42 Å². The number of hydrogen-bond acceptors (Lipinski definition) is 3. The van der Waals surface area contributed by atoms with Crippen molar-refractivity contribution in [2.75, 3.05) is 0 Å². The minimum atomic E-state index is 0.687. The van der Waals surface area contributed by atoms with Gasteiger partial charge >= 0.3 is 0 Å². The maximum Gasteiger partial charge on any atom is 0.255 e. The molecule has 0 saturated carbocycles. The van der Waals surface area contributed by atoms with Gasteiger partial charge in [-0.15, -0.1) is 10.2 Å². The summed E-state index contributed by atoms with van der Waals surface area (Å²) in [5, 5.41) is 7.68. The first-order valence-electron chi connectivity index (χ1n) is 3.97. The van der Waals surface area contributed by atoms with E-state index in [-0.39, 0.29) is 0 Å². The standard InChI is InChI=1S/C8H10N4/c1-3-7-4-6(2)12-5-9-11-8(12)10-7/h4-5H,3H2,1-2H3. The molecule has 2 rings (SSSR count). The second-order valence-corrected chi connectivity index (χ2v) is 2.74. The summed E-state index contributed by atoms with van der Waals surface area (Å²) >= 11 is 0. The first-order valence-corrected chi connectivity index (χ1v) is 3.97. The van der Waals surface area contributed by atoms with Gasteiger partial charge in [0.2, 0.25) is 0 Å². The molecule has 4 heteroatoms. The molecule has 0 aliphatic carbocycles. The fourth-order valence-corrected chi connectivity index (χ4v) is 1.21. The van der Waals surface area contributed by atoms with Gasteiger partial charge in [0.25, 0.3) is 5.78 Å². The molecule has 0 saturated heterocycles. The number of aryl methyl sites for hydroxylation is 2. The van der Waals surface area contributed by atoms with E-state index in [0.29, 0.717) is 5.78 Å². The van der Waals surface area contributed by atoms with Gasteiger partial charge in [0.15, 0.2) is 0 Å². The molecule has 0 spiro atoms. The number of nitrogens with zero attached hydrogens (tertiary/aromatic N) is 4. The molecule has 0 radical (unpaired) electrons. The molecule has 0 atom stereocenters. The first-order chi connectivity index (χ1) is 5.81. The molecule has 2 heterocycles. The molecule has 2 aromatic heterocycles. The molecular weight excluding hydrogens is 152 g/mol. The maximum absolute atomic E-state index is 4.30. The number of aromatic nitrogens is 4. The van der Waals surface area contributed by atoms with Crippen LogP contribution in [-0.4, -0.2) is 19.6 Å². The van der Waals surface area contributed by atoms with Crippen molar-refractivity contribution in [2.24, 2.45) is 0 Å².